The predicted molar refractivity (Wildman–Crippen MR) is 210 cm³/mol. The minimum absolute atomic E-state index is 0.102. The van der Waals surface area contributed by atoms with Crippen LogP contribution in [0.1, 0.15) is 174 Å². The Kier molecular flexibility index (Phi) is 37.6. The molecule has 49 heavy (non-hydrogen) atoms. The van der Waals surface area contributed by atoms with Gasteiger partial charge in [-0.3, -0.25) is 9.59 Å². The fourth-order valence-corrected chi connectivity index (χ4v) is 5.24. The number of ether oxygens (including phenoxy) is 2. The van der Waals surface area contributed by atoms with Gasteiger partial charge in [0.25, 0.3) is 0 Å². The smallest absolute Gasteiger partial charge is 0.306 e. The van der Waals surface area contributed by atoms with Crippen molar-refractivity contribution >= 4 is 11.9 Å². The maximum absolute atomic E-state index is 12.2. The van der Waals surface area contributed by atoms with Gasteiger partial charge >= 0.3 is 11.9 Å². The Morgan fingerprint density at radius 2 is 0.918 bits per heavy atom. The third kappa shape index (κ3) is 38.0. The molecule has 0 aliphatic carbocycles. The summed E-state index contributed by atoms with van der Waals surface area (Å²) >= 11 is 0. The number of hydrogen-bond acceptors (Lipinski definition) is 5. The summed E-state index contributed by atoms with van der Waals surface area (Å²) in [6, 6.07) is 0. The third-order valence-electron chi connectivity index (χ3n) is 8.25. The van der Waals surface area contributed by atoms with Gasteiger partial charge in [-0.05, 0) is 70.6 Å². The number of carbonyl (C=O) groups excluding carboxylic acids is 2. The van der Waals surface area contributed by atoms with Crippen molar-refractivity contribution in [3.05, 3.63) is 72.9 Å². The van der Waals surface area contributed by atoms with Crippen LogP contribution >= 0.6 is 0 Å². The first-order chi connectivity index (χ1) is 24.1. The van der Waals surface area contributed by atoms with Gasteiger partial charge in [-0.25, -0.2) is 0 Å². The zero-order valence-corrected chi connectivity index (χ0v) is 31.7. The lowest BCUT2D eigenvalue weighted by Crippen LogP contribution is -2.28. The van der Waals surface area contributed by atoms with Crippen molar-refractivity contribution in [1.82, 2.24) is 0 Å². The molecular weight excluding hydrogens is 608 g/mol. The summed E-state index contributed by atoms with van der Waals surface area (Å²) in [7, 11) is 0. The number of rotatable bonds is 35. The maximum atomic E-state index is 12.2. The highest BCUT2D eigenvalue weighted by Gasteiger charge is 2.15. The lowest BCUT2D eigenvalue weighted by atomic mass is 10.1. The first kappa shape index (κ1) is 46.3. The van der Waals surface area contributed by atoms with Crippen LogP contribution in [0.3, 0.4) is 0 Å². The van der Waals surface area contributed by atoms with E-state index in [9.17, 15) is 14.7 Å². The van der Waals surface area contributed by atoms with Gasteiger partial charge in [0.15, 0.2) is 6.10 Å². The summed E-state index contributed by atoms with van der Waals surface area (Å²) in [6.45, 7) is 3.95. The van der Waals surface area contributed by atoms with Crippen LogP contribution in [0.4, 0.5) is 0 Å². The Balaban J connectivity index is 3.63. The van der Waals surface area contributed by atoms with Gasteiger partial charge in [0.05, 0.1) is 6.61 Å². The van der Waals surface area contributed by atoms with Crippen LogP contribution in [0, 0.1) is 0 Å². The summed E-state index contributed by atoms with van der Waals surface area (Å²) in [6.07, 6.45) is 52.6. The van der Waals surface area contributed by atoms with Gasteiger partial charge in [0.2, 0.25) is 0 Å². The number of esters is 2. The molecule has 0 rings (SSSR count). The van der Waals surface area contributed by atoms with Crippen LogP contribution in [0.2, 0.25) is 0 Å². The second-order valence-corrected chi connectivity index (χ2v) is 13.0. The molecule has 0 aliphatic rings. The van der Waals surface area contributed by atoms with Crippen LogP contribution in [0.25, 0.3) is 0 Å². The van der Waals surface area contributed by atoms with E-state index in [2.05, 4.69) is 80.7 Å². The standard InChI is InChI=1S/C44H74O5/c1-3-5-7-9-11-13-15-17-18-19-20-21-22-23-24-25-27-29-31-33-35-37-39-44(47)49-42(40-45)41-48-43(46)38-36-34-32-30-28-26-16-14-12-10-8-6-4-2/h5,7,11,13,17-18,20-21,26,28,32,34,42,45H,3-4,6,8-10,12,14-16,19,22-25,27,29-31,33,35-41H2,1-2H3/b7-5+,13-11+,18-17+,21-20+,28-26+,34-32+. The van der Waals surface area contributed by atoms with Crippen LogP contribution < -0.4 is 0 Å². The van der Waals surface area contributed by atoms with Crippen molar-refractivity contribution < 1.29 is 24.2 Å². The molecule has 0 spiro atoms. The molecule has 1 atom stereocenters. The Labute approximate surface area is 302 Å². The quantitative estimate of drug-likeness (QED) is 0.0409. The molecule has 1 unspecified atom stereocenters. The highest BCUT2D eigenvalue weighted by atomic mass is 16.6. The Bertz CT molecular complexity index is 910. The molecule has 280 valence electrons. The molecule has 0 aromatic carbocycles. The molecular formula is C44H74O5. The summed E-state index contributed by atoms with van der Waals surface area (Å²) in [5, 5.41) is 9.54. The largest absolute Gasteiger partial charge is 0.462 e. The summed E-state index contributed by atoms with van der Waals surface area (Å²) < 4.78 is 10.5. The lowest BCUT2D eigenvalue weighted by Gasteiger charge is -2.15. The van der Waals surface area contributed by atoms with Gasteiger partial charge in [-0.1, -0.05) is 164 Å². The minimum atomic E-state index is -0.799. The SMILES string of the molecule is CC/C=C/C/C=C/C/C=C/C/C=C/CCCCCCCCCCCC(=O)OC(CO)COC(=O)CC/C=C/C/C=C/CCCCCCCC. The van der Waals surface area contributed by atoms with E-state index in [-0.39, 0.29) is 31.6 Å². The molecule has 0 saturated heterocycles. The van der Waals surface area contributed by atoms with E-state index in [0.717, 1.165) is 57.8 Å². The normalized spacial score (nSPS) is 13.0. The third-order valence-corrected chi connectivity index (χ3v) is 8.25. The molecule has 5 heteroatoms. The van der Waals surface area contributed by atoms with Crippen LogP contribution in [-0.4, -0.2) is 36.4 Å². The second-order valence-electron chi connectivity index (χ2n) is 13.0. The lowest BCUT2D eigenvalue weighted by molar-refractivity contribution is -0.161. The van der Waals surface area contributed by atoms with Gasteiger partial charge < -0.3 is 14.6 Å². The molecule has 5 nitrogen and oxygen atoms in total. The van der Waals surface area contributed by atoms with Crippen LogP contribution in [0.5, 0.6) is 0 Å². The fraction of sp³-hybridized carbons (Fsp3) is 0.682. The van der Waals surface area contributed by atoms with Gasteiger partial charge in [0, 0.05) is 12.8 Å². The van der Waals surface area contributed by atoms with Crippen molar-refractivity contribution in [2.45, 2.75) is 180 Å². The average molecular weight is 683 g/mol. The maximum Gasteiger partial charge on any atom is 0.306 e. The molecule has 0 amide bonds. The highest BCUT2D eigenvalue weighted by Crippen LogP contribution is 2.13. The zero-order chi connectivity index (χ0) is 35.7. The zero-order valence-electron chi connectivity index (χ0n) is 31.7. The van der Waals surface area contributed by atoms with E-state index in [1.165, 1.54) is 83.5 Å². The van der Waals surface area contributed by atoms with Crippen molar-refractivity contribution in [3.8, 4) is 0 Å². The summed E-state index contributed by atoms with van der Waals surface area (Å²) in [5.74, 6) is -0.681. The number of carbonyl (C=O) groups is 2. The second kappa shape index (κ2) is 39.8. The number of allylic oxidation sites excluding steroid dienone is 12. The van der Waals surface area contributed by atoms with Crippen molar-refractivity contribution in [2.24, 2.45) is 0 Å². The highest BCUT2D eigenvalue weighted by molar-refractivity contribution is 5.70. The molecule has 0 heterocycles. The molecule has 0 bridgehead atoms. The van der Waals surface area contributed by atoms with E-state index >= 15 is 0 Å². The van der Waals surface area contributed by atoms with E-state index in [1.54, 1.807) is 0 Å². The average Bonchev–Trinajstić information content (AvgIpc) is 3.10. The topological polar surface area (TPSA) is 72.8 Å². The van der Waals surface area contributed by atoms with Gasteiger partial charge in [-0.15, -0.1) is 0 Å². The first-order valence-corrected chi connectivity index (χ1v) is 20.0. The number of unbranched alkanes of at least 4 members (excludes halogenated alkanes) is 15. The van der Waals surface area contributed by atoms with Gasteiger partial charge in [0.1, 0.15) is 6.61 Å². The van der Waals surface area contributed by atoms with E-state index < -0.39 is 6.10 Å². The number of hydrogen-bond donors (Lipinski definition) is 1. The minimum Gasteiger partial charge on any atom is -0.462 e. The van der Waals surface area contributed by atoms with Crippen molar-refractivity contribution in [2.75, 3.05) is 13.2 Å². The van der Waals surface area contributed by atoms with Gasteiger partial charge in [-0.2, -0.15) is 0 Å². The molecule has 0 aromatic heterocycles. The predicted octanol–water partition coefficient (Wildman–Crippen LogP) is 12.6. The molecule has 0 radical (unpaired) electrons. The Morgan fingerprint density at radius 3 is 1.41 bits per heavy atom. The van der Waals surface area contributed by atoms with Crippen LogP contribution in [-0.2, 0) is 19.1 Å². The molecule has 1 N–H and O–H groups in total. The number of aliphatic hydroxyl groups excluding tert-OH is 1. The fourth-order valence-electron chi connectivity index (χ4n) is 5.24. The molecule has 0 saturated carbocycles. The molecule has 0 fully saturated rings. The van der Waals surface area contributed by atoms with E-state index in [4.69, 9.17) is 9.47 Å². The monoisotopic (exact) mass is 683 g/mol. The van der Waals surface area contributed by atoms with Crippen molar-refractivity contribution in [1.29, 1.82) is 0 Å². The van der Waals surface area contributed by atoms with E-state index in [1.807, 2.05) is 6.08 Å². The molecule has 0 aliphatic heterocycles. The molecule has 0 aromatic rings. The summed E-state index contributed by atoms with van der Waals surface area (Å²) in [4.78, 5) is 24.2. The Hall–Kier alpha value is -2.66. The summed E-state index contributed by atoms with van der Waals surface area (Å²) in [5.41, 5.74) is 0. The number of aliphatic hydroxyl groups is 1. The van der Waals surface area contributed by atoms with Crippen LogP contribution in [0.15, 0.2) is 72.9 Å². The Morgan fingerprint density at radius 1 is 0.490 bits per heavy atom. The first-order valence-electron chi connectivity index (χ1n) is 20.0. The van der Waals surface area contributed by atoms with Crippen molar-refractivity contribution in [3.63, 3.8) is 0 Å². The van der Waals surface area contributed by atoms with E-state index in [0.29, 0.717) is 12.8 Å².